The van der Waals surface area contributed by atoms with Crippen LogP contribution >= 0.6 is 0 Å². The average Bonchev–Trinajstić information content (AvgIpc) is 2.99. The van der Waals surface area contributed by atoms with Crippen molar-refractivity contribution < 1.29 is 9.90 Å². The third-order valence-electron chi connectivity index (χ3n) is 2.14. The van der Waals surface area contributed by atoms with Crippen LogP contribution in [0.25, 0.3) is 0 Å². The molecule has 1 amide bonds. The van der Waals surface area contributed by atoms with Gasteiger partial charge < -0.3 is 5.11 Å². The smallest absolute Gasteiger partial charge is 0.426 e. The summed E-state index contributed by atoms with van der Waals surface area (Å²) in [5, 5.41) is 10.2. The van der Waals surface area contributed by atoms with Crippen LogP contribution in [-0.4, -0.2) is 22.3 Å². The standard InChI is InChI=1S/C10H12N2O2/c13-10(14)12(9-6-7-9)11-8-4-2-1-3-5-8/h1-5,9,11H,6-7H2,(H,13,14). The van der Waals surface area contributed by atoms with E-state index >= 15 is 0 Å². The van der Waals surface area contributed by atoms with Gasteiger partial charge in [0.25, 0.3) is 0 Å². The lowest BCUT2D eigenvalue weighted by molar-refractivity contribution is 0.153. The highest BCUT2D eigenvalue weighted by atomic mass is 16.4. The van der Waals surface area contributed by atoms with Crippen LogP contribution in [0.4, 0.5) is 10.5 Å². The Balaban J connectivity index is 2.04. The Hall–Kier alpha value is -1.71. The first-order valence-electron chi connectivity index (χ1n) is 4.61. The van der Waals surface area contributed by atoms with Gasteiger partial charge in [-0.3, -0.25) is 5.43 Å². The van der Waals surface area contributed by atoms with E-state index < -0.39 is 6.09 Å². The van der Waals surface area contributed by atoms with Gasteiger partial charge in [0, 0.05) is 0 Å². The largest absolute Gasteiger partial charge is 0.464 e. The molecule has 2 N–H and O–H groups in total. The monoisotopic (exact) mass is 192 g/mol. The van der Waals surface area contributed by atoms with Gasteiger partial charge in [-0.05, 0) is 25.0 Å². The first-order valence-corrected chi connectivity index (χ1v) is 4.61. The molecule has 0 aromatic heterocycles. The van der Waals surface area contributed by atoms with Gasteiger partial charge in [0.15, 0.2) is 0 Å². The summed E-state index contributed by atoms with van der Waals surface area (Å²) in [6.45, 7) is 0. The maximum absolute atomic E-state index is 10.8. The second-order valence-corrected chi connectivity index (χ2v) is 3.36. The minimum Gasteiger partial charge on any atom is -0.464 e. The molecule has 1 aliphatic carbocycles. The average molecular weight is 192 g/mol. The van der Waals surface area contributed by atoms with E-state index in [2.05, 4.69) is 5.43 Å². The Kier molecular flexibility index (Phi) is 2.26. The highest BCUT2D eigenvalue weighted by molar-refractivity contribution is 5.68. The second kappa shape index (κ2) is 3.57. The molecular formula is C10H12N2O2. The predicted molar refractivity (Wildman–Crippen MR) is 53.0 cm³/mol. The summed E-state index contributed by atoms with van der Waals surface area (Å²) in [4.78, 5) is 10.8. The maximum atomic E-state index is 10.8. The van der Waals surface area contributed by atoms with E-state index in [9.17, 15) is 4.79 Å². The zero-order valence-corrected chi connectivity index (χ0v) is 7.68. The van der Waals surface area contributed by atoms with Gasteiger partial charge >= 0.3 is 6.09 Å². The SMILES string of the molecule is O=C(O)N(Nc1ccccc1)C1CC1. The van der Waals surface area contributed by atoms with Gasteiger partial charge in [-0.25, -0.2) is 9.80 Å². The normalized spacial score (nSPS) is 14.9. The van der Waals surface area contributed by atoms with Crippen molar-refractivity contribution in [2.45, 2.75) is 18.9 Å². The second-order valence-electron chi connectivity index (χ2n) is 3.36. The van der Waals surface area contributed by atoms with Crippen molar-refractivity contribution in [2.75, 3.05) is 5.43 Å². The fourth-order valence-electron chi connectivity index (χ4n) is 1.28. The van der Waals surface area contributed by atoms with Crippen molar-refractivity contribution in [3.8, 4) is 0 Å². The molecule has 0 atom stereocenters. The predicted octanol–water partition coefficient (Wildman–Crippen LogP) is 2.16. The summed E-state index contributed by atoms with van der Waals surface area (Å²) in [5.74, 6) is 0. The van der Waals surface area contributed by atoms with Gasteiger partial charge in [0.2, 0.25) is 0 Å². The molecule has 4 heteroatoms. The van der Waals surface area contributed by atoms with Crippen LogP contribution in [0.2, 0.25) is 0 Å². The molecule has 1 aliphatic rings. The van der Waals surface area contributed by atoms with Gasteiger partial charge in [-0.2, -0.15) is 0 Å². The number of nitrogens with zero attached hydrogens (tertiary/aromatic N) is 1. The molecule has 1 aromatic carbocycles. The van der Waals surface area contributed by atoms with Gasteiger partial charge in [-0.1, -0.05) is 18.2 Å². The summed E-state index contributed by atoms with van der Waals surface area (Å²) in [6, 6.07) is 9.47. The molecule has 0 radical (unpaired) electrons. The number of anilines is 1. The lowest BCUT2D eigenvalue weighted by Gasteiger charge is -2.20. The third-order valence-corrected chi connectivity index (χ3v) is 2.14. The number of amides is 1. The summed E-state index contributed by atoms with van der Waals surface area (Å²) in [5.41, 5.74) is 3.68. The fraction of sp³-hybridized carbons (Fsp3) is 0.300. The molecule has 0 bridgehead atoms. The number of hydrogen-bond donors (Lipinski definition) is 2. The topological polar surface area (TPSA) is 52.6 Å². The Morgan fingerprint density at radius 3 is 2.50 bits per heavy atom. The van der Waals surface area contributed by atoms with Gasteiger partial charge in [0.1, 0.15) is 0 Å². The van der Waals surface area contributed by atoms with Crippen LogP contribution in [-0.2, 0) is 0 Å². The summed E-state index contributed by atoms with van der Waals surface area (Å²) in [7, 11) is 0. The summed E-state index contributed by atoms with van der Waals surface area (Å²) < 4.78 is 0. The highest BCUT2D eigenvalue weighted by Gasteiger charge is 2.32. The zero-order chi connectivity index (χ0) is 9.97. The van der Waals surface area contributed by atoms with E-state index in [1.807, 2.05) is 30.3 Å². The first-order chi connectivity index (χ1) is 6.77. The fourth-order valence-corrected chi connectivity index (χ4v) is 1.28. The van der Waals surface area contributed by atoms with Crippen LogP contribution in [0.15, 0.2) is 30.3 Å². The molecule has 4 nitrogen and oxygen atoms in total. The molecule has 2 rings (SSSR count). The minimum atomic E-state index is -0.920. The van der Waals surface area contributed by atoms with E-state index in [0.29, 0.717) is 0 Å². The van der Waals surface area contributed by atoms with E-state index in [-0.39, 0.29) is 6.04 Å². The molecule has 74 valence electrons. The summed E-state index contributed by atoms with van der Waals surface area (Å²) >= 11 is 0. The first kappa shape index (κ1) is 8.87. The van der Waals surface area contributed by atoms with Gasteiger partial charge in [-0.15, -0.1) is 0 Å². The number of rotatable bonds is 3. The van der Waals surface area contributed by atoms with E-state index in [4.69, 9.17) is 5.11 Å². The maximum Gasteiger partial charge on any atom is 0.426 e. The zero-order valence-electron chi connectivity index (χ0n) is 7.68. The van der Waals surface area contributed by atoms with E-state index in [1.54, 1.807) is 0 Å². The lowest BCUT2D eigenvalue weighted by Crippen LogP contribution is -2.36. The number of nitrogens with one attached hydrogen (secondary N) is 1. The number of hydrazine groups is 1. The number of hydrogen-bond acceptors (Lipinski definition) is 2. The van der Waals surface area contributed by atoms with Crippen LogP contribution < -0.4 is 5.43 Å². The third kappa shape index (κ3) is 1.96. The van der Waals surface area contributed by atoms with Crippen molar-refractivity contribution in [1.29, 1.82) is 0 Å². The Labute approximate surface area is 82.1 Å². The number of benzene rings is 1. The Morgan fingerprint density at radius 1 is 1.36 bits per heavy atom. The van der Waals surface area contributed by atoms with Crippen molar-refractivity contribution >= 4 is 11.8 Å². The van der Waals surface area contributed by atoms with Gasteiger partial charge in [0.05, 0.1) is 11.7 Å². The van der Waals surface area contributed by atoms with Crippen LogP contribution in [0, 0.1) is 0 Å². The molecule has 0 saturated heterocycles. The van der Waals surface area contributed by atoms with Crippen LogP contribution in [0.3, 0.4) is 0 Å². The molecule has 14 heavy (non-hydrogen) atoms. The van der Waals surface area contributed by atoms with Crippen LogP contribution in [0.1, 0.15) is 12.8 Å². The van der Waals surface area contributed by atoms with Crippen molar-refractivity contribution in [1.82, 2.24) is 5.01 Å². The number of para-hydroxylation sites is 1. The molecule has 0 heterocycles. The molecule has 0 spiro atoms. The lowest BCUT2D eigenvalue weighted by atomic mass is 10.3. The van der Waals surface area contributed by atoms with Crippen molar-refractivity contribution in [3.05, 3.63) is 30.3 Å². The Bertz CT molecular complexity index is 322. The minimum absolute atomic E-state index is 0.146. The molecule has 1 saturated carbocycles. The highest BCUT2D eigenvalue weighted by Crippen LogP contribution is 2.27. The molecule has 1 aromatic rings. The van der Waals surface area contributed by atoms with E-state index in [1.165, 1.54) is 5.01 Å². The number of carbonyl (C=O) groups is 1. The van der Waals surface area contributed by atoms with Crippen LogP contribution in [0.5, 0.6) is 0 Å². The summed E-state index contributed by atoms with van der Waals surface area (Å²) in [6.07, 6.45) is 0.981. The molecule has 0 unspecified atom stereocenters. The number of carboxylic acid groups (broad SMARTS) is 1. The Morgan fingerprint density at radius 2 is 2.00 bits per heavy atom. The van der Waals surface area contributed by atoms with Crippen molar-refractivity contribution in [3.63, 3.8) is 0 Å². The molecular weight excluding hydrogens is 180 g/mol. The van der Waals surface area contributed by atoms with E-state index in [0.717, 1.165) is 18.5 Å². The van der Waals surface area contributed by atoms with Crippen molar-refractivity contribution in [2.24, 2.45) is 0 Å². The molecule has 0 aliphatic heterocycles. The quantitative estimate of drug-likeness (QED) is 0.721. The molecule has 1 fully saturated rings.